The van der Waals surface area contributed by atoms with Crippen LogP contribution in [0.3, 0.4) is 0 Å². The third-order valence-corrected chi connectivity index (χ3v) is 6.92. The number of nitrogen functional groups attached to an aromatic ring is 1. The minimum Gasteiger partial charge on any atom is -0.390 e. The maximum atomic E-state index is 12.7. The van der Waals surface area contributed by atoms with E-state index in [4.69, 9.17) is 5.73 Å². The normalized spacial score (nSPS) is 17.2. The molecule has 2 aromatic rings. The maximum absolute atomic E-state index is 12.7. The van der Waals surface area contributed by atoms with Gasteiger partial charge < -0.3 is 11.1 Å². The van der Waals surface area contributed by atoms with Crippen LogP contribution in [0.15, 0.2) is 30.3 Å². The summed E-state index contributed by atoms with van der Waals surface area (Å²) >= 11 is 1.61. The van der Waals surface area contributed by atoms with E-state index in [1.165, 1.54) is 16.9 Å². The quantitative estimate of drug-likeness (QED) is 0.808. The fourth-order valence-corrected chi connectivity index (χ4v) is 4.87. The largest absolute Gasteiger partial charge is 0.390 e. The Labute approximate surface area is 154 Å². The molecule has 1 heterocycles. The molecule has 25 heavy (non-hydrogen) atoms. The molecule has 1 amide bonds. The lowest BCUT2D eigenvalue weighted by Gasteiger charge is -2.36. The molecule has 1 unspecified atom stereocenters. The first-order chi connectivity index (χ1) is 11.9. The average molecular weight is 357 g/mol. The Kier molecular flexibility index (Phi) is 5.19. The molecule has 0 saturated heterocycles. The highest BCUT2D eigenvalue weighted by atomic mass is 32.1. The van der Waals surface area contributed by atoms with Crippen LogP contribution in [0.4, 0.5) is 5.00 Å². The van der Waals surface area contributed by atoms with Crippen LogP contribution in [0.2, 0.25) is 0 Å². The molecule has 0 bridgehead atoms. The van der Waals surface area contributed by atoms with Crippen LogP contribution in [0, 0.1) is 11.3 Å². The first-order valence-electron chi connectivity index (χ1n) is 9.14. The number of benzene rings is 1. The lowest BCUT2D eigenvalue weighted by Crippen LogP contribution is -2.29. The van der Waals surface area contributed by atoms with Gasteiger partial charge >= 0.3 is 0 Å². The molecule has 1 aromatic carbocycles. The lowest BCUT2D eigenvalue weighted by atomic mass is 9.69. The van der Waals surface area contributed by atoms with Gasteiger partial charge in [-0.05, 0) is 41.7 Å². The zero-order valence-corrected chi connectivity index (χ0v) is 16.2. The van der Waals surface area contributed by atoms with Gasteiger partial charge in [-0.2, -0.15) is 0 Å². The summed E-state index contributed by atoms with van der Waals surface area (Å²) in [6.07, 6.45) is 4.34. The van der Waals surface area contributed by atoms with E-state index in [2.05, 4.69) is 26.1 Å². The summed E-state index contributed by atoms with van der Waals surface area (Å²) in [5.74, 6) is 0.635. The number of carbonyl (C=O) groups excluding carboxylic acids is 1. The van der Waals surface area contributed by atoms with Crippen molar-refractivity contribution in [2.24, 2.45) is 11.3 Å². The van der Waals surface area contributed by atoms with Crippen molar-refractivity contribution < 1.29 is 4.79 Å². The van der Waals surface area contributed by atoms with Gasteiger partial charge in [-0.1, -0.05) is 57.5 Å². The number of rotatable bonds is 5. The summed E-state index contributed by atoms with van der Waals surface area (Å²) < 4.78 is 0. The van der Waals surface area contributed by atoms with Gasteiger partial charge in [0.25, 0.3) is 5.91 Å². The molecule has 1 aliphatic carbocycles. The molecule has 134 valence electrons. The maximum Gasteiger partial charge on any atom is 0.254 e. The zero-order valence-electron chi connectivity index (χ0n) is 15.4. The number of anilines is 1. The number of thiophene rings is 1. The Bertz CT molecular complexity index is 749. The third-order valence-electron chi connectivity index (χ3n) is 5.83. The summed E-state index contributed by atoms with van der Waals surface area (Å²) in [6.45, 7) is 7.51. The van der Waals surface area contributed by atoms with Gasteiger partial charge in [-0.25, -0.2) is 0 Å². The monoisotopic (exact) mass is 356 g/mol. The summed E-state index contributed by atoms with van der Waals surface area (Å²) in [6, 6.07) is 9.98. The number of carbonyl (C=O) groups is 1. The topological polar surface area (TPSA) is 55.1 Å². The van der Waals surface area contributed by atoms with Gasteiger partial charge in [-0.3, -0.25) is 4.79 Å². The summed E-state index contributed by atoms with van der Waals surface area (Å²) in [4.78, 5) is 14.0. The summed E-state index contributed by atoms with van der Waals surface area (Å²) in [5.41, 5.74) is 9.59. The second kappa shape index (κ2) is 7.20. The van der Waals surface area contributed by atoms with Crippen molar-refractivity contribution in [1.82, 2.24) is 5.32 Å². The Morgan fingerprint density at radius 2 is 2.04 bits per heavy atom. The minimum atomic E-state index is -0.0351. The average Bonchev–Trinajstić information content (AvgIpc) is 2.95. The summed E-state index contributed by atoms with van der Waals surface area (Å²) in [7, 11) is 0. The second-order valence-electron chi connectivity index (χ2n) is 7.69. The van der Waals surface area contributed by atoms with Crippen LogP contribution in [-0.4, -0.2) is 5.91 Å². The van der Waals surface area contributed by atoms with E-state index in [1.54, 1.807) is 11.3 Å². The van der Waals surface area contributed by atoms with Gasteiger partial charge in [0, 0.05) is 11.4 Å². The fraction of sp³-hybridized carbons (Fsp3) is 0.476. The molecule has 4 heteroatoms. The van der Waals surface area contributed by atoms with Crippen LogP contribution in [0.1, 0.15) is 60.0 Å². The van der Waals surface area contributed by atoms with Crippen molar-refractivity contribution in [2.75, 3.05) is 5.73 Å². The predicted octanol–water partition coefficient (Wildman–Crippen LogP) is 4.80. The fourth-order valence-electron chi connectivity index (χ4n) is 3.68. The molecule has 0 aliphatic heterocycles. The van der Waals surface area contributed by atoms with E-state index in [9.17, 15) is 4.79 Å². The van der Waals surface area contributed by atoms with Crippen LogP contribution >= 0.6 is 11.3 Å². The number of hydrogen-bond donors (Lipinski definition) is 2. The molecule has 3 rings (SSSR count). The number of nitrogens with two attached hydrogens (primary N) is 1. The molecule has 3 N–H and O–H groups in total. The second-order valence-corrected chi connectivity index (χ2v) is 8.83. The van der Waals surface area contributed by atoms with Gasteiger partial charge in [-0.15, -0.1) is 11.3 Å². The Morgan fingerprint density at radius 1 is 1.32 bits per heavy atom. The predicted molar refractivity (Wildman–Crippen MR) is 106 cm³/mol. The van der Waals surface area contributed by atoms with Crippen molar-refractivity contribution in [3.8, 4) is 0 Å². The minimum absolute atomic E-state index is 0.0351. The standard InChI is InChI=1S/C21H28N2OS/c1-4-21(2,3)15-10-11-16-17(12-15)25-19(22)18(16)20(24)23-13-14-8-6-5-7-9-14/h5-9,15H,4,10-13,22H2,1-3H3,(H,23,24). The first kappa shape index (κ1) is 18.0. The Balaban J connectivity index is 1.75. The van der Waals surface area contributed by atoms with Gasteiger partial charge in [0.2, 0.25) is 0 Å². The van der Waals surface area contributed by atoms with E-state index in [0.29, 0.717) is 22.9 Å². The van der Waals surface area contributed by atoms with Gasteiger partial charge in [0.15, 0.2) is 0 Å². The Hall–Kier alpha value is -1.81. The van der Waals surface area contributed by atoms with Crippen molar-refractivity contribution in [1.29, 1.82) is 0 Å². The van der Waals surface area contributed by atoms with E-state index in [1.807, 2.05) is 30.3 Å². The SMILES string of the molecule is CCC(C)(C)C1CCc2c(sc(N)c2C(=O)NCc2ccccc2)C1. The van der Waals surface area contributed by atoms with Crippen molar-refractivity contribution in [3.63, 3.8) is 0 Å². The molecule has 1 aliphatic rings. The number of hydrogen-bond acceptors (Lipinski definition) is 3. The molecule has 3 nitrogen and oxygen atoms in total. The van der Waals surface area contributed by atoms with Crippen molar-refractivity contribution >= 4 is 22.2 Å². The highest BCUT2D eigenvalue weighted by Gasteiger charge is 2.34. The third kappa shape index (κ3) is 3.74. The van der Waals surface area contributed by atoms with E-state index in [0.717, 1.165) is 30.4 Å². The number of fused-ring (bicyclic) bond motifs is 1. The highest BCUT2D eigenvalue weighted by Crippen LogP contribution is 2.44. The first-order valence-corrected chi connectivity index (χ1v) is 9.96. The smallest absolute Gasteiger partial charge is 0.254 e. The molecule has 0 radical (unpaired) electrons. The Morgan fingerprint density at radius 3 is 2.72 bits per heavy atom. The van der Waals surface area contributed by atoms with Crippen molar-refractivity contribution in [3.05, 3.63) is 51.9 Å². The molecule has 1 aromatic heterocycles. The van der Waals surface area contributed by atoms with Gasteiger partial charge in [0.05, 0.1) is 10.6 Å². The van der Waals surface area contributed by atoms with Crippen LogP contribution in [-0.2, 0) is 19.4 Å². The lowest BCUT2D eigenvalue weighted by molar-refractivity contribution is 0.0950. The number of amides is 1. The van der Waals surface area contributed by atoms with E-state index in [-0.39, 0.29) is 5.91 Å². The molecular weight excluding hydrogens is 328 g/mol. The van der Waals surface area contributed by atoms with Gasteiger partial charge in [0.1, 0.15) is 0 Å². The van der Waals surface area contributed by atoms with E-state index >= 15 is 0 Å². The van der Waals surface area contributed by atoms with Crippen LogP contribution in [0.5, 0.6) is 0 Å². The van der Waals surface area contributed by atoms with Crippen LogP contribution in [0.25, 0.3) is 0 Å². The van der Waals surface area contributed by atoms with Crippen LogP contribution < -0.4 is 11.1 Å². The summed E-state index contributed by atoms with van der Waals surface area (Å²) in [5, 5.41) is 3.70. The molecule has 0 spiro atoms. The molecule has 0 fully saturated rings. The number of nitrogens with one attached hydrogen (secondary N) is 1. The van der Waals surface area contributed by atoms with E-state index < -0.39 is 0 Å². The molecule has 0 saturated carbocycles. The molecular formula is C21H28N2OS. The van der Waals surface area contributed by atoms with Crippen molar-refractivity contribution in [2.45, 2.75) is 53.0 Å². The zero-order chi connectivity index (χ0) is 18.0. The highest BCUT2D eigenvalue weighted by molar-refractivity contribution is 7.16. The molecule has 1 atom stereocenters.